The SMILES string of the molecule is O=C(Cn1ccccc1=O)N1CCC(c2ccc(O)cc2)CC1. The van der Waals surface area contributed by atoms with Crippen LogP contribution in [0.15, 0.2) is 53.5 Å². The van der Waals surface area contributed by atoms with Crippen molar-refractivity contribution in [3.63, 3.8) is 0 Å². The smallest absolute Gasteiger partial charge is 0.250 e. The minimum absolute atomic E-state index is 0.0116. The summed E-state index contributed by atoms with van der Waals surface area (Å²) in [5.41, 5.74) is 1.05. The normalized spacial score (nSPS) is 15.6. The van der Waals surface area contributed by atoms with Gasteiger partial charge in [-0.05, 0) is 42.5 Å². The van der Waals surface area contributed by atoms with Crippen molar-refractivity contribution < 1.29 is 9.90 Å². The van der Waals surface area contributed by atoms with Crippen LogP contribution in [0, 0.1) is 0 Å². The van der Waals surface area contributed by atoms with Crippen LogP contribution < -0.4 is 5.56 Å². The predicted octanol–water partition coefficient (Wildman–Crippen LogP) is 1.96. The molecular weight excluding hydrogens is 292 g/mol. The van der Waals surface area contributed by atoms with Gasteiger partial charge in [0.05, 0.1) is 0 Å². The maximum Gasteiger partial charge on any atom is 0.250 e. The Morgan fingerprint density at radius 2 is 1.78 bits per heavy atom. The molecule has 1 saturated heterocycles. The van der Waals surface area contributed by atoms with Crippen LogP contribution in [-0.2, 0) is 11.3 Å². The molecule has 1 amide bonds. The molecule has 2 aromatic rings. The van der Waals surface area contributed by atoms with Gasteiger partial charge in [-0.3, -0.25) is 9.59 Å². The van der Waals surface area contributed by atoms with E-state index in [1.54, 1.807) is 30.5 Å². The zero-order valence-electron chi connectivity index (χ0n) is 12.9. The first-order valence-electron chi connectivity index (χ1n) is 7.85. The Morgan fingerprint density at radius 3 is 2.43 bits per heavy atom. The molecule has 5 heteroatoms. The average molecular weight is 312 g/mol. The standard InChI is InChI=1S/C18H20N2O3/c21-16-6-4-14(5-7-16)15-8-11-19(12-9-15)18(23)13-20-10-2-1-3-17(20)22/h1-7,10,15,21H,8-9,11-13H2. The summed E-state index contributed by atoms with van der Waals surface area (Å²) in [4.78, 5) is 25.8. The Kier molecular flexibility index (Phi) is 4.46. The van der Waals surface area contributed by atoms with E-state index in [4.69, 9.17) is 0 Å². The number of hydrogen-bond acceptors (Lipinski definition) is 3. The molecule has 1 fully saturated rings. The zero-order chi connectivity index (χ0) is 16.2. The second-order valence-corrected chi connectivity index (χ2v) is 5.91. The maximum absolute atomic E-state index is 12.3. The Morgan fingerprint density at radius 1 is 1.09 bits per heavy atom. The molecule has 0 aliphatic carbocycles. The van der Waals surface area contributed by atoms with Gasteiger partial charge in [-0.2, -0.15) is 0 Å². The molecule has 0 bridgehead atoms. The van der Waals surface area contributed by atoms with Gasteiger partial charge in [0.1, 0.15) is 12.3 Å². The number of benzene rings is 1. The van der Waals surface area contributed by atoms with E-state index in [0.717, 1.165) is 12.8 Å². The fourth-order valence-electron chi connectivity index (χ4n) is 3.05. The van der Waals surface area contributed by atoms with Gasteiger partial charge in [0.2, 0.25) is 5.91 Å². The van der Waals surface area contributed by atoms with Crippen LogP contribution in [0.2, 0.25) is 0 Å². The Labute approximate surface area is 134 Å². The quantitative estimate of drug-likeness (QED) is 0.942. The molecule has 0 atom stereocenters. The van der Waals surface area contributed by atoms with Crippen molar-refractivity contribution in [3.8, 4) is 5.75 Å². The number of aromatic nitrogens is 1. The van der Waals surface area contributed by atoms with E-state index in [9.17, 15) is 14.7 Å². The number of pyridine rings is 1. The van der Waals surface area contributed by atoms with Crippen molar-refractivity contribution in [2.24, 2.45) is 0 Å². The summed E-state index contributed by atoms with van der Waals surface area (Å²) < 4.78 is 1.44. The number of likely N-dealkylation sites (tertiary alicyclic amines) is 1. The summed E-state index contributed by atoms with van der Waals surface area (Å²) in [5, 5.41) is 9.35. The van der Waals surface area contributed by atoms with Crippen molar-refractivity contribution in [2.75, 3.05) is 13.1 Å². The average Bonchev–Trinajstić information content (AvgIpc) is 2.58. The molecule has 0 saturated carbocycles. The summed E-state index contributed by atoms with van der Waals surface area (Å²) in [7, 11) is 0. The van der Waals surface area contributed by atoms with Crippen LogP contribution in [0.1, 0.15) is 24.3 Å². The maximum atomic E-state index is 12.3. The topological polar surface area (TPSA) is 62.5 Å². The van der Waals surface area contributed by atoms with Crippen molar-refractivity contribution in [1.29, 1.82) is 0 Å². The van der Waals surface area contributed by atoms with Crippen molar-refractivity contribution >= 4 is 5.91 Å². The Balaban J connectivity index is 1.58. The highest BCUT2D eigenvalue weighted by Crippen LogP contribution is 2.29. The van der Waals surface area contributed by atoms with E-state index < -0.39 is 0 Å². The number of amides is 1. The molecule has 0 radical (unpaired) electrons. The molecule has 1 aliphatic rings. The van der Waals surface area contributed by atoms with Gasteiger partial charge in [0.25, 0.3) is 5.56 Å². The number of aromatic hydroxyl groups is 1. The van der Waals surface area contributed by atoms with Crippen LogP contribution >= 0.6 is 0 Å². The van der Waals surface area contributed by atoms with Crippen LogP contribution in [-0.4, -0.2) is 33.6 Å². The van der Waals surface area contributed by atoms with Gasteiger partial charge >= 0.3 is 0 Å². The van der Waals surface area contributed by atoms with Crippen LogP contribution in [0.3, 0.4) is 0 Å². The molecule has 1 aromatic carbocycles. The zero-order valence-corrected chi connectivity index (χ0v) is 12.9. The lowest BCUT2D eigenvalue weighted by Gasteiger charge is -2.32. The number of phenols is 1. The first-order valence-corrected chi connectivity index (χ1v) is 7.85. The largest absolute Gasteiger partial charge is 0.508 e. The van der Waals surface area contributed by atoms with Gasteiger partial charge < -0.3 is 14.6 Å². The van der Waals surface area contributed by atoms with Crippen LogP contribution in [0.5, 0.6) is 5.75 Å². The number of rotatable bonds is 3. The first-order chi connectivity index (χ1) is 11.1. The summed E-state index contributed by atoms with van der Waals surface area (Å²) in [6.45, 7) is 1.50. The van der Waals surface area contributed by atoms with E-state index >= 15 is 0 Å². The third-order valence-electron chi connectivity index (χ3n) is 4.42. The van der Waals surface area contributed by atoms with E-state index in [-0.39, 0.29) is 23.8 Å². The number of phenolic OH excluding ortho intramolecular Hbond substituents is 1. The number of carbonyl (C=O) groups is 1. The molecule has 120 valence electrons. The van der Waals surface area contributed by atoms with Crippen molar-refractivity contribution in [2.45, 2.75) is 25.3 Å². The minimum Gasteiger partial charge on any atom is -0.508 e. The molecule has 5 nitrogen and oxygen atoms in total. The molecule has 23 heavy (non-hydrogen) atoms. The highest BCUT2D eigenvalue weighted by molar-refractivity contribution is 5.76. The summed E-state index contributed by atoms with van der Waals surface area (Å²) in [6, 6.07) is 12.2. The third-order valence-corrected chi connectivity index (χ3v) is 4.42. The second kappa shape index (κ2) is 6.69. The van der Waals surface area contributed by atoms with E-state index in [0.29, 0.717) is 19.0 Å². The summed E-state index contributed by atoms with van der Waals surface area (Å²) in [6.07, 6.45) is 3.45. The molecule has 1 aliphatic heterocycles. The van der Waals surface area contributed by atoms with Crippen LogP contribution in [0.4, 0.5) is 0 Å². The van der Waals surface area contributed by atoms with Gasteiger partial charge in [0, 0.05) is 25.4 Å². The molecule has 3 rings (SSSR count). The number of nitrogens with zero attached hydrogens (tertiary/aromatic N) is 2. The summed E-state index contributed by atoms with van der Waals surface area (Å²) >= 11 is 0. The molecule has 1 N–H and O–H groups in total. The van der Waals surface area contributed by atoms with Gasteiger partial charge in [-0.25, -0.2) is 0 Å². The lowest BCUT2D eigenvalue weighted by Crippen LogP contribution is -2.41. The van der Waals surface area contributed by atoms with Crippen LogP contribution in [0.25, 0.3) is 0 Å². The molecule has 1 aromatic heterocycles. The Hall–Kier alpha value is -2.56. The number of carbonyl (C=O) groups excluding carboxylic acids is 1. The molecule has 2 heterocycles. The van der Waals surface area contributed by atoms with Crippen molar-refractivity contribution in [1.82, 2.24) is 9.47 Å². The monoisotopic (exact) mass is 312 g/mol. The fourth-order valence-corrected chi connectivity index (χ4v) is 3.05. The van der Waals surface area contributed by atoms with E-state index in [2.05, 4.69) is 0 Å². The minimum atomic E-state index is -0.153. The molecule has 0 unspecified atom stereocenters. The Bertz CT molecular complexity index is 728. The lowest BCUT2D eigenvalue weighted by atomic mass is 9.89. The predicted molar refractivity (Wildman–Crippen MR) is 87.4 cm³/mol. The lowest BCUT2D eigenvalue weighted by molar-refractivity contribution is -0.132. The highest BCUT2D eigenvalue weighted by atomic mass is 16.3. The second-order valence-electron chi connectivity index (χ2n) is 5.91. The fraction of sp³-hybridized carbons (Fsp3) is 0.333. The number of hydrogen-bond donors (Lipinski definition) is 1. The third kappa shape index (κ3) is 3.62. The van der Waals surface area contributed by atoms with Gasteiger partial charge in [0.15, 0.2) is 0 Å². The highest BCUT2D eigenvalue weighted by Gasteiger charge is 2.23. The molecular formula is C18H20N2O3. The first kappa shape index (κ1) is 15.3. The summed E-state index contributed by atoms with van der Waals surface area (Å²) in [5.74, 6) is 0.677. The van der Waals surface area contributed by atoms with E-state index in [1.807, 2.05) is 17.0 Å². The van der Waals surface area contributed by atoms with Crippen molar-refractivity contribution in [3.05, 3.63) is 64.6 Å². The van der Waals surface area contributed by atoms with Gasteiger partial charge in [-0.1, -0.05) is 18.2 Å². The number of piperidine rings is 1. The molecule has 0 spiro atoms. The van der Waals surface area contributed by atoms with E-state index in [1.165, 1.54) is 16.2 Å². The van der Waals surface area contributed by atoms with Gasteiger partial charge in [-0.15, -0.1) is 0 Å².